The molecule has 0 heterocycles. The molecule has 0 spiro atoms. The molecule has 0 radical (unpaired) electrons. The summed E-state index contributed by atoms with van der Waals surface area (Å²) >= 11 is 4.92. The fraction of sp³-hybridized carbons (Fsp3) is 0.300. The minimum Gasteiger partial charge on any atom is -0.493 e. The lowest BCUT2D eigenvalue weighted by Gasteiger charge is -2.17. The maximum absolute atomic E-state index is 12.5. The zero-order valence-electron chi connectivity index (χ0n) is 14.7. The van der Waals surface area contributed by atoms with Gasteiger partial charge >= 0.3 is 0 Å². The van der Waals surface area contributed by atoms with Crippen LogP contribution in [0.2, 0.25) is 0 Å². The highest BCUT2D eigenvalue weighted by molar-refractivity contribution is 7.80. The second kappa shape index (κ2) is 8.19. The summed E-state index contributed by atoms with van der Waals surface area (Å²) in [5, 5.41) is 2.88. The molecule has 3 rings (SSSR count). The molecule has 1 fully saturated rings. The molecule has 0 bridgehead atoms. The number of methoxy groups -OCH3 is 1. The number of thiocarbonyl (C=S) groups is 1. The number of benzene rings is 2. The lowest BCUT2D eigenvalue weighted by atomic mass is 10.1. The van der Waals surface area contributed by atoms with Gasteiger partial charge in [0.2, 0.25) is 0 Å². The van der Waals surface area contributed by atoms with E-state index >= 15 is 0 Å². The Kier molecular flexibility index (Phi) is 5.73. The second-order valence-electron chi connectivity index (χ2n) is 6.29. The maximum Gasteiger partial charge on any atom is 0.255 e. The third-order valence-corrected chi connectivity index (χ3v) is 4.68. The quantitative estimate of drug-likeness (QED) is 0.755. The third-order valence-electron chi connectivity index (χ3n) is 4.45. The van der Waals surface area contributed by atoms with Crippen LogP contribution in [-0.4, -0.2) is 24.1 Å². The minimum absolute atomic E-state index is 0.211. The molecule has 1 amide bonds. The van der Waals surface area contributed by atoms with E-state index in [1.54, 1.807) is 49.6 Å². The highest BCUT2D eigenvalue weighted by atomic mass is 32.1. The number of ether oxygens (including phenoxy) is 2. The molecule has 0 aromatic heterocycles. The number of carbonyl (C=O) groups excluding carboxylic acids is 1. The van der Waals surface area contributed by atoms with Gasteiger partial charge in [0.15, 0.2) is 11.5 Å². The SMILES string of the molecule is COc1ccc(NC(=O)c2ccc(C(N)=S)cc2)cc1OC1CCCC1. The monoisotopic (exact) mass is 370 g/mol. The van der Waals surface area contributed by atoms with Crippen molar-refractivity contribution in [1.82, 2.24) is 0 Å². The van der Waals surface area contributed by atoms with Crippen LogP contribution in [0.25, 0.3) is 0 Å². The molecule has 26 heavy (non-hydrogen) atoms. The van der Waals surface area contributed by atoms with E-state index < -0.39 is 0 Å². The Labute approximate surface area is 158 Å². The normalized spacial score (nSPS) is 14.0. The number of nitrogens with two attached hydrogens (primary N) is 1. The Balaban J connectivity index is 1.73. The Hall–Kier alpha value is -2.60. The van der Waals surface area contributed by atoms with E-state index in [1.165, 1.54) is 12.8 Å². The topological polar surface area (TPSA) is 73.6 Å². The van der Waals surface area contributed by atoms with Crippen LogP contribution in [0, 0.1) is 0 Å². The fourth-order valence-electron chi connectivity index (χ4n) is 3.02. The van der Waals surface area contributed by atoms with E-state index in [-0.39, 0.29) is 12.0 Å². The van der Waals surface area contributed by atoms with E-state index in [2.05, 4.69) is 5.32 Å². The largest absolute Gasteiger partial charge is 0.493 e. The van der Waals surface area contributed by atoms with Gasteiger partial charge in [-0.3, -0.25) is 4.79 Å². The predicted octanol–water partition coefficient (Wildman–Crippen LogP) is 3.90. The van der Waals surface area contributed by atoms with E-state index in [0.717, 1.165) is 18.4 Å². The average molecular weight is 370 g/mol. The van der Waals surface area contributed by atoms with Gasteiger partial charge in [0.25, 0.3) is 5.91 Å². The highest BCUT2D eigenvalue weighted by Crippen LogP contribution is 2.34. The summed E-state index contributed by atoms with van der Waals surface area (Å²) in [6.07, 6.45) is 4.68. The second-order valence-corrected chi connectivity index (χ2v) is 6.73. The molecule has 0 saturated heterocycles. The molecule has 136 valence electrons. The highest BCUT2D eigenvalue weighted by Gasteiger charge is 2.19. The first-order valence-corrected chi connectivity index (χ1v) is 9.03. The van der Waals surface area contributed by atoms with Crippen LogP contribution in [0.4, 0.5) is 5.69 Å². The first kappa shape index (κ1) is 18.2. The first-order chi connectivity index (χ1) is 12.6. The molecule has 6 heteroatoms. The molecule has 2 aromatic carbocycles. The summed E-state index contributed by atoms with van der Waals surface area (Å²) in [4.78, 5) is 12.8. The van der Waals surface area contributed by atoms with Gasteiger partial charge in [-0.15, -0.1) is 0 Å². The van der Waals surface area contributed by atoms with Crippen molar-refractivity contribution < 1.29 is 14.3 Å². The van der Waals surface area contributed by atoms with E-state index in [1.807, 2.05) is 0 Å². The number of rotatable bonds is 6. The van der Waals surface area contributed by atoms with Crippen molar-refractivity contribution in [3.05, 3.63) is 53.6 Å². The summed E-state index contributed by atoms with van der Waals surface area (Å²) in [6.45, 7) is 0. The lowest BCUT2D eigenvalue weighted by molar-refractivity contribution is 0.102. The summed E-state index contributed by atoms with van der Waals surface area (Å²) < 4.78 is 11.4. The molecule has 0 unspecified atom stereocenters. The van der Waals surface area contributed by atoms with E-state index in [4.69, 9.17) is 27.4 Å². The summed E-state index contributed by atoms with van der Waals surface area (Å²) in [5.41, 5.74) is 7.49. The molecule has 2 aromatic rings. The molecule has 0 aliphatic heterocycles. The fourth-order valence-corrected chi connectivity index (χ4v) is 3.16. The molecular weight excluding hydrogens is 348 g/mol. The zero-order chi connectivity index (χ0) is 18.5. The van der Waals surface area contributed by atoms with Gasteiger partial charge in [-0.25, -0.2) is 0 Å². The van der Waals surface area contributed by atoms with Crippen LogP contribution in [-0.2, 0) is 0 Å². The van der Waals surface area contributed by atoms with Gasteiger partial charge in [0, 0.05) is 22.9 Å². The van der Waals surface area contributed by atoms with E-state index in [9.17, 15) is 4.79 Å². The summed E-state index contributed by atoms with van der Waals surface area (Å²) in [7, 11) is 1.61. The van der Waals surface area contributed by atoms with Gasteiger partial charge in [-0.2, -0.15) is 0 Å². The van der Waals surface area contributed by atoms with Crippen LogP contribution in [0.15, 0.2) is 42.5 Å². The molecule has 0 atom stereocenters. The summed E-state index contributed by atoms with van der Waals surface area (Å²) in [5.74, 6) is 1.10. The van der Waals surface area contributed by atoms with Crippen molar-refractivity contribution in [2.75, 3.05) is 12.4 Å². The van der Waals surface area contributed by atoms with Gasteiger partial charge in [-0.1, -0.05) is 24.4 Å². The maximum atomic E-state index is 12.5. The average Bonchev–Trinajstić information content (AvgIpc) is 3.15. The Bertz CT molecular complexity index is 799. The van der Waals surface area contributed by atoms with Crippen molar-refractivity contribution in [2.24, 2.45) is 5.73 Å². The van der Waals surface area contributed by atoms with Crippen LogP contribution < -0.4 is 20.5 Å². The number of nitrogens with one attached hydrogen (secondary N) is 1. The minimum atomic E-state index is -0.212. The number of anilines is 1. The third kappa shape index (κ3) is 4.32. The summed E-state index contributed by atoms with van der Waals surface area (Å²) in [6, 6.07) is 12.3. The standard InChI is InChI=1S/C20H22N2O3S/c1-24-17-11-10-15(12-18(17)25-16-4-2-3-5-16)22-20(23)14-8-6-13(7-9-14)19(21)26/h6-12,16H,2-5H2,1H3,(H2,21,26)(H,22,23). The van der Waals surface area contributed by atoms with Crippen LogP contribution in [0.3, 0.4) is 0 Å². The number of hydrogen-bond acceptors (Lipinski definition) is 4. The van der Waals surface area contributed by atoms with Crippen molar-refractivity contribution in [2.45, 2.75) is 31.8 Å². The molecule has 1 aliphatic rings. The van der Waals surface area contributed by atoms with Gasteiger partial charge < -0.3 is 20.5 Å². The Morgan fingerprint density at radius 1 is 1.08 bits per heavy atom. The van der Waals surface area contributed by atoms with Gasteiger partial charge in [0.1, 0.15) is 4.99 Å². The van der Waals surface area contributed by atoms with Crippen LogP contribution >= 0.6 is 12.2 Å². The number of amides is 1. The predicted molar refractivity (Wildman–Crippen MR) is 106 cm³/mol. The van der Waals surface area contributed by atoms with Crippen molar-refractivity contribution in [3.8, 4) is 11.5 Å². The molecule has 1 aliphatic carbocycles. The Morgan fingerprint density at radius 3 is 2.35 bits per heavy atom. The van der Waals surface area contributed by atoms with Crippen LogP contribution in [0.1, 0.15) is 41.6 Å². The molecule has 1 saturated carbocycles. The van der Waals surface area contributed by atoms with Crippen molar-refractivity contribution in [1.29, 1.82) is 0 Å². The smallest absolute Gasteiger partial charge is 0.255 e. The molecule has 3 N–H and O–H groups in total. The van der Waals surface area contributed by atoms with Crippen LogP contribution in [0.5, 0.6) is 11.5 Å². The first-order valence-electron chi connectivity index (χ1n) is 8.63. The van der Waals surface area contributed by atoms with Gasteiger partial charge in [0.05, 0.1) is 13.2 Å². The van der Waals surface area contributed by atoms with Crippen molar-refractivity contribution in [3.63, 3.8) is 0 Å². The number of hydrogen-bond donors (Lipinski definition) is 2. The van der Waals surface area contributed by atoms with Crippen molar-refractivity contribution >= 4 is 28.8 Å². The van der Waals surface area contributed by atoms with E-state index in [0.29, 0.717) is 27.7 Å². The number of carbonyl (C=O) groups is 1. The molecular formula is C20H22N2O3S. The molecule has 5 nitrogen and oxygen atoms in total. The lowest BCUT2D eigenvalue weighted by Crippen LogP contribution is -2.14. The zero-order valence-corrected chi connectivity index (χ0v) is 15.5. The Morgan fingerprint density at radius 2 is 1.73 bits per heavy atom. The van der Waals surface area contributed by atoms with Gasteiger partial charge in [-0.05, 0) is 49.9 Å².